The number of nitrogens with two attached hydrogens (primary N) is 1. The van der Waals surface area contributed by atoms with Gasteiger partial charge in [-0.1, -0.05) is 0 Å². The van der Waals surface area contributed by atoms with Crippen molar-refractivity contribution in [2.75, 3.05) is 38.4 Å². The molecule has 1 aromatic rings. The molecule has 2 unspecified atom stereocenters. The first kappa shape index (κ1) is 17.4. The molecule has 0 aromatic heterocycles. The maximum absolute atomic E-state index is 12.9. The van der Waals surface area contributed by atoms with E-state index in [1.165, 1.54) is 19.2 Å². The molecule has 1 amide bonds. The van der Waals surface area contributed by atoms with Gasteiger partial charge in [-0.2, -0.15) is 0 Å². The molecular formula is C14H22FN3O3. The molecule has 118 valence electrons. The lowest BCUT2D eigenvalue weighted by molar-refractivity contribution is -0.120. The number of anilines is 2. The fourth-order valence-corrected chi connectivity index (χ4v) is 1.82. The van der Waals surface area contributed by atoms with Crippen LogP contribution in [0.3, 0.4) is 0 Å². The third-order valence-corrected chi connectivity index (χ3v) is 3.17. The summed E-state index contributed by atoms with van der Waals surface area (Å²) in [6.45, 7) is 2.19. The summed E-state index contributed by atoms with van der Waals surface area (Å²) in [5.74, 6) is -0.751. The molecule has 1 aromatic carbocycles. The summed E-state index contributed by atoms with van der Waals surface area (Å²) in [4.78, 5) is 13.8. The Balaban J connectivity index is 2.61. The van der Waals surface area contributed by atoms with Crippen LogP contribution in [0.25, 0.3) is 0 Å². The number of benzene rings is 1. The minimum absolute atomic E-state index is 0.164. The number of hydrogen-bond acceptors (Lipinski definition) is 5. The molecule has 0 fully saturated rings. The van der Waals surface area contributed by atoms with Crippen molar-refractivity contribution < 1.29 is 19.0 Å². The molecule has 0 saturated heterocycles. The standard InChI is InChI=1S/C14H22FN3O3/c1-9(18(2)7-11(19)8-21-3)14(20)17-13-5-4-10(15)6-12(13)16/h4-6,9,11,19H,7-8,16H2,1-3H3,(H,17,20). The second-order valence-corrected chi connectivity index (χ2v) is 4.95. The number of halogens is 1. The topological polar surface area (TPSA) is 87.8 Å². The van der Waals surface area contributed by atoms with Gasteiger partial charge in [-0.05, 0) is 32.2 Å². The summed E-state index contributed by atoms with van der Waals surface area (Å²) in [5.41, 5.74) is 6.17. The monoisotopic (exact) mass is 299 g/mol. The number of nitrogens with one attached hydrogen (secondary N) is 1. The van der Waals surface area contributed by atoms with Gasteiger partial charge in [0, 0.05) is 13.7 Å². The molecule has 0 bridgehead atoms. The van der Waals surface area contributed by atoms with Gasteiger partial charge in [0.15, 0.2) is 0 Å². The zero-order valence-corrected chi connectivity index (χ0v) is 12.5. The normalized spacial score (nSPS) is 14.0. The molecule has 6 nitrogen and oxygen atoms in total. The van der Waals surface area contributed by atoms with E-state index in [4.69, 9.17) is 10.5 Å². The van der Waals surface area contributed by atoms with Crippen molar-refractivity contribution in [3.63, 3.8) is 0 Å². The summed E-state index contributed by atoms with van der Waals surface area (Å²) in [5, 5.41) is 12.3. The van der Waals surface area contributed by atoms with Gasteiger partial charge in [0.25, 0.3) is 0 Å². The number of carbonyl (C=O) groups is 1. The Morgan fingerprint density at radius 1 is 1.57 bits per heavy atom. The molecule has 0 aliphatic rings. The number of carbonyl (C=O) groups excluding carboxylic acids is 1. The summed E-state index contributed by atoms with van der Waals surface area (Å²) in [6, 6.07) is 3.30. The third-order valence-electron chi connectivity index (χ3n) is 3.17. The quantitative estimate of drug-likeness (QED) is 0.644. The second-order valence-electron chi connectivity index (χ2n) is 4.95. The molecule has 0 radical (unpaired) electrons. The molecule has 1 rings (SSSR count). The highest BCUT2D eigenvalue weighted by Gasteiger charge is 2.21. The SMILES string of the molecule is COCC(O)CN(C)C(C)C(=O)Nc1ccc(F)cc1N. The van der Waals surface area contributed by atoms with Crippen molar-refractivity contribution in [3.8, 4) is 0 Å². The largest absolute Gasteiger partial charge is 0.397 e. The van der Waals surface area contributed by atoms with Crippen LogP contribution in [-0.4, -0.2) is 55.4 Å². The summed E-state index contributed by atoms with van der Waals surface area (Å²) < 4.78 is 17.8. The van der Waals surface area contributed by atoms with Crippen molar-refractivity contribution in [1.82, 2.24) is 4.90 Å². The number of ether oxygens (including phenoxy) is 1. The first-order valence-electron chi connectivity index (χ1n) is 6.58. The van der Waals surface area contributed by atoms with Gasteiger partial charge < -0.3 is 20.9 Å². The van der Waals surface area contributed by atoms with Crippen LogP contribution in [0.1, 0.15) is 6.92 Å². The van der Waals surface area contributed by atoms with Crippen LogP contribution in [0.2, 0.25) is 0 Å². The number of rotatable bonds is 7. The molecule has 0 spiro atoms. The molecular weight excluding hydrogens is 277 g/mol. The van der Waals surface area contributed by atoms with Crippen LogP contribution in [0.5, 0.6) is 0 Å². The van der Waals surface area contributed by atoms with Crippen molar-refractivity contribution in [3.05, 3.63) is 24.0 Å². The minimum atomic E-state index is -0.675. The van der Waals surface area contributed by atoms with E-state index in [0.29, 0.717) is 12.2 Å². The number of aliphatic hydroxyl groups excluding tert-OH is 1. The highest BCUT2D eigenvalue weighted by molar-refractivity contribution is 5.97. The van der Waals surface area contributed by atoms with Gasteiger partial charge >= 0.3 is 0 Å². The smallest absolute Gasteiger partial charge is 0.241 e. The van der Waals surface area contributed by atoms with Gasteiger partial charge in [0.05, 0.1) is 30.1 Å². The van der Waals surface area contributed by atoms with E-state index in [9.17, 15) is 14.3 Å². The number of hydrogen-bond donors (Lipinski definition) is 3. The molecule has 0 aliphatic carbocycles. The number of methoxy groups -OCH3 is 1. The first-order valence-corrected chi connectivity index (χ1v) is 6.58. The number of amides is 1. The Hall–Kier alpha value is -1.70. The molecule has 0 saturated carbocycles. The lowest BCUT2D eigenvalue weighted by Gasteiger charge is -2.26. The van der Waals surface area contributed by atoms with Gasteiger partial charge in [0.1, 0.15) is 5.82 Å². The maximum Gasteiger partial charge on any atom is 0.241 e. The van der Waals surface area contributed by atoms with Gasteiger partial charge in [-0.3, -0.25) is 9.69 Å². The molecule has 0 heterocycles. The highest BCUT2D eigenvalue weighted by Crippen LogP contribution is 2.19. The van der Waals surface area contributed by atoms with Crippen LogP contribution in [0.15, 0.2) is 18.2 Å². The first-order chi connectivity index (χ1) is 9.85. The van der Waals surface area contributed by atoms with E-state index in [1.54, 1.807) is 18.9 Å². The fraction of sp³-hybridized carbons (Fsp3) is 0.500. The molecule has 2 atom stereocenters. The Morgan fingerprint density at radius 3 is 2.81 bits per heavy atom. The average Bonchev–Trinajstić information content (AvgIpc) is 2.41. The number of likely N-dealkylation sites (N-methyl/N-ethyl adjacent to an activating group) is 1. The van der Waals surface area contributed by atoms with Gasteiger partial charge in [-0.15, -0.1) is 0 Å². The number of nitrogen functional groups attached to an aromatic ring is 1. The Labute approximate surface area is 123 Å². The predicted molar refractivity (Wildman–Crippen MR) is 79.4 cm³/mol. The van der Waals surface area contributed by atoms with E-state index in [-0.39, 0.29) is 18.2 Å². The summed E-state index contributed by atoms with van der Waals surface area (Å²) in [6.07, 6.45) is -0.675. The van der Waals surface area contributed by atoms with E-state index in [0.717, 1.165) is 6.07 Å². The molecule has 21 heavy (non-hydrogen) atoms. The third kappa shape index (κ3) is 5.30. The number of aliphatic hydroxyl groups is 1. The van der Waals surface area contributed by atoms with E-state index >= 15 is 0 Å². The molecule has 0 aliphatic heterocycles. The molecule has 7 heteroatoms. The predicted octanol–water partition coefficient (Wildman–Crippen LogP) is 0.674. The van der Waals surface area contributed by atoms with Crippen LogP contribution >= 0.6 is 0 Å². The van der Waals surface area contributed by atoms with Crippen LogP contribution in [0, 0.1) is 5.82 Å². The summed E-state index contributed by atoms with van der Waals surface area (Å²) >= 11 is 0. The highest BCUT2D eigenvalue weighted by atomic mass is 19.1. The Bertz CT molecular complexity index is 485. The lowest BCUT2D eigenvalue weighted by Crippen LogP contribution is -2.44. The Kier molecular flexibility index (Phi) is 6.54. The van der Waals surface area contributed by atoms with Crippen molar-refractivity contribution in [2.45, 2.75) is 19.1 Å². The average molecular weight is 299 g/mol. The Morgan fingerprint density at radius 2 is 2.24 bits per heavy atom. The fourth-order valence-electron chi connectivity index (χ4n) is 1.82. The van der Waals surface area contributed by atoms with Gasteiger partial charge in [0.2, 0.25) is 5.91 Å². The van der Waals surface area contributed by atoms with Crippen molar-refractivity contribution >= 4 is 17.3 Å². The van der Waals surface area contributed by atoms with Crippen LogP contribution in [0.4, 0.5) is 15.8 Å². The van der Waals surface area contributed by atoms with E-state index < -0.39 is 18.0 Å². The zero-order chi connectivity index (χ0) is 16.0. The zero-order valence-electron chi connectivity index (χ0n) is 12.5. The molecule has 4 N–H and O–H groups in total. The summed E-state index contributed by atoms with van der Waals surface area (Å²) in [7, 11) is 3.22. The number of nitrogens with zero attached hydrogens (tertiary/aromatic N) is 1. The van der Waals surface area contributed by atoms with Gasteiger partial charge in [-0.25, -0.2) is 4.39 Å². The van der Waals surface area contributed by atoms with Crippen molar-refractivity contribution in [1.29, 1.82) is 0 Å². The minimum Gasteiger partial charge on any atom is -0.397 e. The van der Waals surface area contributed by atoms with E-state index in [2.05, 4.69) is 5.32 Å². The lowest BCUT2D eigenvalue weighted by atomic mass is 10.2. The van der Waals surface area contributed by atoms with E-state index in [1.807, 2.05) is 0 Å². The second kappa shape index (κ2) is 7.92. The maximum atomic E-state index is 12.9. The van der Waals surface area contributed by atoms with Crippen LogP contribution < -0.4 is 11.1 Å². The van der Waals surface area contributed by atoms with Crippen LogP contribution in [-0.2, 0) is 9.53 Å². The van der Waals surface area contributed by atoms with Crippen molar-refractivity contribution in [2.24, 2.45) is 0 Å².